The van der Waals surface area contributed by atoms with Gasteiger partial charge in [-0.2, -0.15) is 0 Å². The Hall–Kier alpha value is -2.57. The van der Waals surface area contributed by atoms with Crippen LogP contribution in [-0.2, 0) is 9.53 Å². The van der Waals surface area contributed by atoms with Gasteiger partial charge in [0, 0.05) is 5.80 Å². The van der Waals surface area contributed by atoms with Crippen molar-refractivity contribution in [1.82, 2.24) is 0 Å². The van der Waals surface area contributed by atoms with E-state index < -0.39 is 6.89 Å². The molecule has 132 valence electrons. The van der Waals surface area contributed by atoms with Gasteiger partial charge in [-0.25, -0.2) is 4.79 Å². The normalized spacial score (nSPS) is 11.0. The van der Waals surface area contributed by atoms with E-state index in [2.05, 4.69) is 55.5 Å². The van der Waals surface area contributed by atoms with Gasteiger partial charge in [0.1, 0.15) is 0 Å². The Morgan fingerprint density at radius 3 is 1.73 bits per heavy atom. The largest absolute Gasteiger partial charge is 0.463 e. The fraction of sp³-hybridized carbons (Fsp3) is 0.130. The van der Waals surface area contributed by atoms with Crippen molar-refractivity contribution in [1.29, 1.82) is 0 Å². The number of rotatable bonds is 5. The van der Waals surface area contributed by atoms with Crippen LogP contribution < -0.4 is 15.9 Å². The van der Waals surface area contributed by atoms with Crippen LogP contribution in [0.5, 0.6) is 0 Å². The van der Waals surface area contributed by atoms with Gasteiger partial charge in [-0.1, -0.05) is 90.5 Å². The molecule has 0 aliphatic carbocycles. The molecule has 0 saturated heterocycles. The highest BCUT2D eigenvalue weighted by Gasteiger charge is 2.26. The molecule has 0 N–H and O–H groups in total. The molecule has 3 rings (SSSR count). The molecule has 0 unspecified atom stereocenters. The van der Waals surface area contributed by atoms with Gasteiger partial charge < -0.3 is 4.74 Å². The second kappa shape index (κ2) is 8.21. The van der Waals surface area contributed by atoms with Crippen molar-refractivity contribution in [2.75, 3.05) is 6.61 Å². The summed E-state index contributed by atoms with van der Waals surface area (Å²) in [5, 5.41) is 3.43. The Morgan fingerprint density at radius 1 is 0.808 bits per heavy atom. The summed E-state index contributed by atoms with van der Waals surface area (Å²) < 4.78 is 5.32. The van der Waals surface area contributed by atoms with Crippen LogP contribution in [0.15, 0.2) is 84.9 Å². The van der Waals surface area contributed by atoms with Crippen LogP contribution in [0.4, 0.5) is 0 Å². The van der Waals surface area contributed by atoms with Gasteiger partial charge in [0.2, 0.25) is 0 Å². The Kier molecular flexibility index (Phi) is 5.75. The standard InChI is InChI=1S/C23H23O2P/c1-3-25-23(24)18-26(20-10-6-4-7-11-20,21-12-8-5-9-13-21)22-16-14-19(2)15-17-22/h4-18H,3H2,1-2H3. The summed E-state index contributed by atoms with van der Waals surface area (Å²) >= 11 is 0. The molecule has 3 aromatic rings. The number of esters is 1. The van der Waals surface area contributed by atoms with Gasteiger partial charge in [0.15, 0.2) is 0 Å². The highest BCUT2D eigenvalue weighted by atomic mass is 31.2. The number of aryl methyl sites for hydroxylation is 1. The Balaban J connectivity index is 2.38. The van der Waals surface area contributed by atoms with E-state index >= 15 is 0 Å². The number of ether oxygens (including phenoxy) is 1. The van der Waals surface area contributed by atoms with Crippen LogP contribution in [0.25, 0.3) is 0 Å². The van der Waals surface area contributed by atoms with Gasteiger partial charge in [-0.15, -0.1) is 0 Å². The Morgan fingerprint density at radius 2 is 1.27 bits per heavy atom. The molecule has 0 aliphatic rings. The van der Waals surface area contributed by atoms with Gasteiger partial charge in [0.25, 0.3) is 0 Å². The molecule has 3 aromatic carbocycles. The maximum atomic E-state index is 12.6. The van der Waals surface area contributed by atoms with Crippen LogP contribution in [0.2, 0.25) is 0 Å². The molecule has 2 nitrogen and oxygen atoms in total. The first-order valence-electron chi connectivity index (χ1n) is 8.76. The topological polar surface area (TPSA) is 26.3 Å². The van der Waals surface area contributed by atoms with E-state index in [0.717, 1.165) is 15.9 Å². The zero-order chi connectivity index (χ0) is 18.4. The molecule has 0 bridgehead atoms. The average molecular weight is 362 g/mol. The number of hydrogen-bond acceptors (Lipinski definition) is 2. The first kappa shape index (κ1) is 18.2. The SMILES string of the molecule is CCOC(=O)C=P(c1ccccc1)(c1ccccc1)c1ccc(C)cc1. The van der Waals surface area contributed by atoms with E-state index in [9.17, 15) is 4.79 Å². The van der Waals surface area contributed by atoms with Crippen molar-refractivity contribution in [3.63, 3.8) is 0 Å². The minimum atomic E-state index is -2.26. The summed E-state index contributed by atoms with van der Waals surface area (Å²) in [6.45, 7) is 2.02. The van der Waals surface area contributed by atoms with E-state index in [1.807, 2.05) is 49.1 Å². The smallest absolute Gasteiger partial charge is 0.331 e. The maximum Gasteiger partial charge on any atom is 0.331 e. The third-order valence-electron chi connectivity index (χ3n) is 4.35. The molecule has 0 radical (unpaired) electrons. The monoisotopic (exact) mass is 362 g/mol. The predicted octanol–water partition coefficient (Wildman–Crippen LogP) is 3.65. The first-order valence-corrected chi connectivity index (χ1v) is 10.6. The van der Waals surface area contributed by atoms with E-state index in [4.69, 9.17) is 4.74 Å². The van der Waals surface area contributed by atoms with Gasteiger partial charge in [0.05, 0.1) is 6.61 Å². The minimum Gasteiger partial charge on any atom is -0.463 e. The molecule has 0 amide bonds. The zero-order valence-corrected chi connectivity index (χ0v) is 16.0. The number of carbonyl (C=O) groups is 1. The molecule has 0 aliphatic heterocycles. The van der Waals surface area contributed by atoms with E-state index in [-0.39, 0.29) is 5.97 Å². The van der Waals surface area contributed by atoms with Gasteiger partial charge in [-0.05, 0) is 36.6 Å². The molecule has 3 heteroatoms. The Labute approximate surface area is 155 Å². The van der Waals surface area contributed by atoms with Crippen molar-refractivity contribution < 1.29 is 9.53 Å². The van der Waals surface area contributed by atoms with Crippen molar-refractivity contribution in [2.24, 2.45) is 0 Å². The Bertz CT molecular complexity index is 870. The lowest BCUT2D eigenvalue weighted by Crippen LogP contribution is -2.29. The lowest BCUT2D eigenvalue weighted by atomic mass is 10.2. The number of hydrogen-bond donors (Lipinski definition) is 0. The zero-order valence-electron chi connectivity index (χ0n) is 15.1. The predicted molar refractivity (Wildman–Crippen MR) is 113 cm³/mol. The van der Waals surface area contributed by atoms with E-state index in [0.29, 0.717) is 6.61 Å². The minimum absolute atomic E-state index is 0.269. The first-order chi connectivity index (χ1) is 12.7. The summed E-state index contributed by atoms with van der Waals surface area (Å²) in [5.41, 5.74) is 1.20. The lowest BCUT2D eigenvalue weighted by molar-refractivity contribution is -0.134. The molecule has 0 atom stereocenters. The highest BCUT2D eigenvalue weighted by molar-refractivity contribution is 7.95. The van der Waals surface area contributed by atoms with E-state index in [1.165, 1.54) is 5.56 Å². The number of carbonyl (C=O) groups excluding carboxylic acids is 1. The second-order valence-corrected chi connectivity index (χ2v) is 9.36. The van der Waals surface area contributed by atoms with Gasteiger partial charge in [-0.3, -0.25) is 0 Å². The second-order valence-electron chi connectivity index (χ2n) is 6.11. The van der Waals surface area contributed by atoms with Gasteiger partial charge >= 0.3 is 5.97 Å². The summed E-state index contributed by atoms with van der Waals surface area (Å²) in [6, 6.07) is 29.0. The van der Waals surface area contributed by atoms with Crippen LogP contribution in [-0.4, -0.2) is 18.4 Å². The molecule has 0 aromatic heterocycles. The van der Waals surface area contributed by atoms with Crippen LogP contribution >= 0.6 is 6.89 Å². The van der Waals surface area contributed by atoms with Crippen molar-refractivity contribution in [2.45, 2.75) is 13.8 Å². The quantitative estimate of drug-likeness (QED) is 0.512. The fourth-order valence-electron chi connectivity index (χ4n) is 3.11. The average Bonchev–Trinajstić information content (AvgIpc) is 2.68. The van der Waals surface area contributed by atoms with Crippen LogP contribution in [0.3, 0.4) is 0 Å². The molecule has 0 heterocycles. The maximum absolute atomic E-state index is 12.6. The highest BCUT2D eigenvalue weighted by Crippen LogP contribution is 2.43. The van der Waals surface area contributed by atoms with E-state index in [1.54, 1.807) is 0 Å². The fourth-order valence-corrected chi connectivity index (χ4v) is 6.75. The van der Waals surface area contributed by atoms with Crippen LogP contribution in [0.1, 0.15) is 12.5 Å². The van der Waals surface area contributed by atoms with Crippen molar-refractivity contribution >= 4 is 34.6 Å². The number of benzene rings is 3. The summed E-state index contributed by atoms with van der Waals surface area (Å²) in [6.07, 6.45) is 0. The molecule has 0 spiro atoms. The molecule has 0 fully saturated rings. The third kappa shape index (κ3) is 3.66. The lowest BCUT2D eigenvalue weighted by Gasteiger charge is -2.28. The molecule has 26 heavy (non-hydrogen) atoms. The summed E-state index contributed by atoms with van der Waals surface area (Å²) in [5.74, 6) is 1.54. The molecule has 0 saturated carbocycles. The van der Waals surface area contributed by atoms with Crippen molar-refractivity contribution in [3.8, 4) is 0 Å². The van der Waals surface area contributed by atoms with Crippen molar-refractivity contribution in [3.05, 3.63) is 90.5 Å². The summed E-state index contributed by atoms with van der Waals surface area (Å²) in [4.78, 5) is 12.6. The van der Waals surface area contributed by atoms with Crippen LogP contribution in [0, 0.1) is 6.92 Å². The third-order valence-corrected chi connectivity index (χ3v) is 8.29. The summed E-state index contributed by atoms with van der Waals surface area (Å²) in [7, 11) is 0. The molecular formula is C23H23O2P. The molecular weight excluding hydrogens is 339 g/mol.